The van der Waals surface area contributed by atoms with Crippen molar-refractivity contribution < 1.29 is 4.57 Å². The Hall–Kier alpha value is -1.64. The lowest BCUT2D eigenvalue weighted by Gasteiger charge is -1.93. The van der Waals surface area contributed by atoms with Crippen molar-refractivity contribution in [3.63, 3.8) is 0 Å². The number of benzene rings is 1. The molecule has 1 aromatic carbocycles. The molecule has 0 fully saturated rings. The minimum Gasteiger partial charge on any atom is -0.224 e. The Labute approximate surface area is 82.6 Å². The normalized spacial score (nSPS) is 12.7. The predicted molar refractivity (Wildman–Crippen MR) is 52.7 cm³/mol. The van der Waals surface area contributed by atoms with Gasteiger partial charge in [-0.1, -0.05) is 18.2 Å². The van der Waals surface area contributed by atoms with Crippen molar-refractivity contribution in [2.75, 3.05) is 0 Å². The molecular formula is C11H12N3+. The molecule has 0 spiro atoms. The molecule has 0 atom stereocenters. The smallest absolute Gasteiger partial charge is 0.224 e. The Balaban J connectivity index is 2.31. The zero-order chi connectivity index (χ0) is 9.71. The summed E-state index contributed by atoms with van der Waals surface area (Å²) in [5.41, 5.74) is 2.65. The van der Waals surface area contributed by atoms with E-state index in [1.807, 2.05) is 11.7 Å². The van der Waals surface area contributed by atoms with Gasteiger partial charge in [0.2, 0.25) is 5.82 Å². The van der Waals surface area contributed by atoms with E-state index in [1.54, 1.807) is 0 Å². The fourth-order valence-corrected chi connectivity index (χ4v) is 2.03. The van der Waals surface area contributed by atoms with Crippen LogP contribution in [0.5, 0.6) is 0 Å². The van der Waals surface area contributed by atoms with Crippen LogP contribution in [0.25, 0.3) is 11.4 Å². The fourth-order valence-electron chi connectivity index (χ4n) is 2.03. The summed E-state index contributed by atoms with van der Waals surface area (Å²) in [5.74, 6) is 2.30. The summed E-state index contributed by atoms with van der Waals surface area (Å²) in [5, 5.41) is 4.51. The van der Waals surface area contributed by atoms with Gasteiger partial charge < -0.3 is 0 Å². The second-order valence-electron chi connectivity index (χ2n) is 3.74. The minimum absolute atomic E-state index is 0.963. The van der Waals surface area contributed by atoms with Crippen LogP contribution in [0, 0.1) is 6.92 Å². The van der Waals surface area contributed by atoms with Crippen LogP contribution in [0.15, 0.2) is 24.3 Å². The summed E-state index contributed by atoms with van der Waals surface area (Å²) in [6.07, 6.45) is 0. The number of fused-ring (bicyclic) bond motifs is 3. The summed E-state index contributed by atoms with van der Waals surface area (Å²) >= 11 is 0. The second-order valence-corrected chi connectivity index (χ2v) is 3.74. The van der Waals surface area contributed by atoms with E-state index < -0.39 is 0 Å². The van der Waals surface area contributed by atoms with Gasteiger partial charge in [-0.25, -0.2) is 4.57 Å². The van der Waals surface area contributed by atoms with Crippen LogP contribution < -0.4 is 4.57 Å². The molecule has 0 amide bonds. The minimum atomic E-state index is 0.963. The first-order chi connectivity index (χ1) is 6.77. The molecule has 70 valence electrons. The van der Waals surface area contributed by atoms with Gasteiger partial charge in [-0.05, 0) is 6.07 Å². The van der Waals surface area contributed by atoms with Gasteiger partial charge in [-0.3, -0.25) is 0 Å². The third-order valence-corrected chi connectivity index (χ3v) is 2.95. The molecule has 3 heteroatoms. The highest BCUT2D eigenvalue weighted by Crippen LogP contribution is 2.24. The Morgan fingerprint density at radius 3 is 3.00 bits per heavy atom. The summed E-state index contributed by atoms with van der Waals surface area (Å²) < 4.78 is 4.19. The zero-order valence-corrected chi connectivity index (χ0v) is 8.36. The van der Waals surface area contributed by atoms with Crippen molar-refractivity contribution in [2.24, 2.45) is 7.05 Å². The highest BCUT2D eigenvalue weighted by atomic mass is 15.4. The lowest BCUT2D eigenvalue weighted by atomic mass is 10.1. The average Bonchev–Trinajstić information content (AvgIpc) is 2.67. The lowest BCUT2D eigenvalue weighted by molar-refractivity contribution is -0.679. The quantitative estimate of drug-likeness (QED) is 0.481. The maximum Gasteiger partial charge on any atom is 0.309 e. The molecular weight excluding hydrogens is 174 g/mol. The average molecular weight is 186 g/mol. The molecule has 3 rings (SSSR count). The number of aryl methyl sites for hydroxylation is 1. The summed E-state index contributed by atoms with van der Waals surface area (Å²) in [6.45, 7) is 3.06. The molecule has 2 heterocycles. The molecule has 2 aromatic rings. The van der Waals surface area contributed by atoms with Gasteiger partial charge in [0.15, 0.2) is 0 Å². The molecule has 1 aliphatic rings. The van der Waals surface area contributed by atoms with E-state index in [0.29, 0.717) is 0 Å². The molecule has 14 heavy (non-hydrogen) atoms. The van der Waals surface area contributed by atoms with Crippen LogP contribution in [0.2, 0.25) is 0 Å². The summed E-state index contributed by atoms with van der Waals surface area (Å²) in [4.78, 5) is 0. The Morgan fingerprint density at radius 1 is 1.36 bits per heavy atom. The number of nitrogens with zero attached hydrogens (tertiary/aromatic N) is 3. The van der Waals surface area contributed by atoms with Crippen molar-refractivity contribution >= 4 is 0 Å². The van der Waals surface area contributed by atoms with Crippen molar-refractivity contribution in [1.29, 1.82) is 0 Å². The highest BCUT2D eigenvalue weighted by molar-refractivity contribution is 5.59. The monoisotopic (exact) mass is 186 g/mol. The van der Waals surface area contributed by atoms with Gasteiger partial charge in [0.25, 0.3) is 0 Å². The third kappa shape index (κ3) is 0.816. The van der Waals surface area contributed by atoms with Crippen molar-refractivity contribution in [3.8, 4) is 11.4 Å². The molecule has 0 N–H and O–H groups in total. The van der Waals surface area contributed by atoms with Gasteiger partial charge in [0.1, 0.15) is 0 Å². The molecule has 1 aliphatic heterocycles. The molecule has 0 bridgehead atoms. The molecule has 3 nitrogen and oxygen atoms in total. The van der Waals surface area contributed by atoms with E-state index in [9.17, 15) is 0 Å². The van der Waals surface area contributed by atoms with E-state index in [4.69, 9.17) is 0 Å². The zero-order valence-electron chi connectivity index (χ0n) is 8.36. The van der Waals surface area contributed by atoms with Gasteiger partial charge in [-0.15, -0.1) is 4.68 Å². The fraction of sp³-hybridized carbons (Fsp3) is 0.273. The first-order valence-electron chi connectivity index (χ1n) is 4.79. The Morgan fingerprint density at radius 2 is 2.14 bits per heavy atom. The Kier molecular flexibility index (Phi) is 1.35. The largest absolute Gasteiger partial charge is 0.309 e. The van der Waals surface area contributed by atoms with Crippen LogP contribution in [-0.2, 0) is 13.6 Å². The van der Waals surface area contributed by atoms with Gasteiger partial charge in [0, 0.05) is 17.6 Å². The summed E-state index contributed by atoms with van der Waals surface area (Å²) in [6, 6.07) is 8.46. The third-order valence-electron chi connectivity index (χ3n) is 2.95. The molecule has 0 aliphatic carbocycles. The van der Waals surface area contributed by atoms with Crippen LogP contribution in [-0.4, -0.2) is 9.78 Å². The van der Waals surface area contributed by atoms with Gasteiger partial charge >= 0.3 is 5.82 Å². The highest BCUT2D eigenvalue weighted by Gasteiger charge is 2.29. The molecule has 0 saturated heterocycles. The molecule has 0 unspecified atom stereocenters. The molecule has 1 aromatic heterocycles. The topological polar surface area (TPSA) is 21.7 Å². The van der Waals surface area contributed by atoms with Crippen LogP contribution >= 0.6 is 0 Å². The van der Waals surface area contributed by atoms with Crippen molar-refractivity contribution in [1.82, 2.24) is 9.78 Å². The lowest BCUT2D eigenvalue weighted by Crippen LogP contribution is -2.34. The van der Waals surface area contributed by atoms with Crippen LogP contribution in [0.1, 0.15) is 11.4 Å². The maximum absolute atomic E-state index is 4.51. The first kappa shape index (κ1) is 7.74. The Bertz CT molecular complexity index is 511. The van der Waals surface area contributed by atoms with Crippen LogP contribution in [0.4, 0.5) is 0 Å². The second kappa shape index (κ2) is 2.44. The molecule has 0 radical (unpaired) electrons. The van der Waals surface area contributed by atoms with E-state index in [2.05, 4.69) is 40.9 Å². The van der Waals surface area contributed by atoms with E-state index in [1.165, 1.54) is 17.0 Å². The van der Waals surface area contributed by atoms with Crippen molar-refractivity contribution in [3.05, 3.63) is 35.7 Å². The standard InChI is InChI=1S/C11H12N3/c1-8-13(2)12-11-10-6-4-3-5-9(10)7-14(8)11/h3-6H,7H2,1-2H3/q+1. The first-order valence-corrected chi connectivity index (χ1v) is 4.79. The maximum atomic E-state index is 4.51. The number of hydrogen-bond donors (Lipinski definition) is 0. The summed E-state index contributed by atoms with van der Waals surface area (Å²) in [7, 11) is 1.99. The van der Waals surface area contributed by atoms with E-state index in [-0.39, 0.29) is 0 Å². The molecule has 0 saturated carbocycles. The van der Waals surface area contributed by atoms with Crippen molar-refractivity contribution in [2.45, 2.75) is 13.5 Å². The number of hydrogen-bond acceptors (Lipinski definition) is 1. The van der Waals surface area contributed by atoms with Gasteiger partial charge in [-0.2, -0.15) is 0 Å². The van der Waals surface area contributed by atoms with Gasteiger partial charge in [0.05, 0.1) is 19.2 Å². The van der Waals surface area contributed by atoms with Crippen LogP contribution in [0.3, 0.4) is 0 Å². The number of rotatable bonds is 0. The predicted octanol–water partition coefficient (Wildman–Crippen LogP) is 1.04. The number of aromatic nitrogens is 3. The SMILES string of the molecule is Cc1n(C)nc2[n+]1Cc1ccccc1-2. The van der Waals surface area contributed by atoms with E-state index >= 15 is 0 Å². The van der Waals surface area contributed by atoms with E-state index in [0.717, 1.165) is 12.4 Å².